The van der Waals surface area contributed by atoms with Gasteiger partial charge in [0.1, 0.15) is 0 Å². The molecule has 0 radical (unpaired) electrons. The minimum absolute atomic E-state index is 0.677. The predicted molar refractivity (Wildman–Crippen MR) is 279 cm³/mol. The Kier molecular flexibility index (Phi) is 8.87. The van der Waals surface area contributed by atoms with Crippen LogP contribution in [0.3, 0.4) is 0 Å². The van der Waals surface area contributed by atoms with Crippen LogP contribution in [0.1, 0.15) is 94.7 Å². The van der Waals surface area contributed by atoms with E-state index >= 15 is 0 Å². The molecule has 0 unspecified atom stereocenters. The number of aryl methyl sites for hydroxylation is 7. The number of hydrogen-bond acceptors (Lipinski definition) is 1. The number of imidazole rings is 1. The molecule has 0 bridgehead atoms. The van der Waals surface area contributed by atoms with Gasteiger partial charge in [-0.05, 0) is 144 Å². The molecule has 332 valence electrons. The van der Waals surface area contributed by atoms with E-state index in [-0.39, 0.29) is 0 Å². The number of hydrogen-bond donors (Lipinski definition) is 0. The van der Waals surface area contributed by atoms with Crippen LogP contribution in [0.4, 0.5) is 0 Å². The molecule has 3 heteroatoms. The highest BCUT2D eigenvalue weighted by Gasteiger charge is 2.53. The first-order chi connectivity index (χ1) is 33.5. The molecule has 10 aromatic rings. The number of fused-ring (bicyclic) bond motifs is 9. The Balaban J connectivity index is 1.16. The van der Waals surface area contributed by atoms with Crippen molar-refractivity contribution in [2.75, 3.05) is 0 Å². The maximum absolute atomic E-state index is 5.30. The van der Waals surface area contributed by atoms with Crippen molar-refractivity contribution < 1.29 is 4.57 Å². The van der Waals surface area contributed by atoms with Crippen LogP contribution in [0.5, 0.6) is 0 Å². The van der Waals surface area contributed by atoms with Crippen molar-refractivity contribution in [3.63, 3.8) is 0 Å². The standard InChI is InChI=1S/C66H53N3/c1-41-17-23-51-52-24-18-42(2)33-58(52)64(57(51)32-41,47-12-10-14-49(38-47)65(63-16-8-9-29-67-63)59-34-43(3)19-25-53(59)54-26-20-44(4)35-60(54)65)48-13-11-15-50(39-48)66(69-31-30-68(7)40-69)61-36-45(5)21-27-55(61)56-28-22-46(6)37-62(56)66/h8-39H,1-7H3. The van der Waals surface area contributed by atoms with Crippen LogP contribution in [0, 0.1) is 47.9 Å². The SMILES string of the molecule is Cc1ccc2c(c1)C(c1cccc(C3(c4ccccn4)c4cc(C)ccc4-c4ccc(C)cc43)c1)(c1cccc(C3(n4[c-][n+](C)cc4)c4cc(C)ccc4-c4ccc(C)cc43)c1)c1cc(C)ccc1-2. The van der Waals surface area contributed by atoms with E-state index in [9.17, 15) is 0 Å². The van der Waals surface area contributed by atoms with Crippen LogP contribution in [0.2, 0.25) is 0 Å². The Morgan fingerprint density at radius 3 is 1.17 bits per heavy atom. The fourth-order valence-electron chi connectivity index (χ4n) is 13.0. The third-order valence-corrected chi connectivity index (χ3v) is 15.9. The van der Waals surface area contributed by atoms with Gasteiger partial charge < -0.3 is 9.13 Å². The molecule has 2 heterocycles. The smallest absolute Gasteiger partial charge is 0.204 e. The molecule has 0 spiro atoms. The highest BCUT2D eigenvalue weighted by molar-refractivity contribution is 5.90. The summed E-state index contributed by atoms with van der Waals surface area (Å²) >= 11 is 0. The van der Waals surface area contributed by atoms with Gasteiger partial charge in [-0.1, -0.05) is 191 Å². The molecule has 69 heavy (non-hydrogen) atoms. The fraction of sp³-hybridized carbons (Fsp3) is 0.152. The monoisotopic (exact) mass is 887 g/mol. The first-order valence-electron chi connectivity index (χ1n) is 24.3. The summed E-state index contributed by atoms with van der Waals surface area (Å²) in [6.45, 7) is 13.4. The first kappa shape index (κ1) is 41.3. The summed E-state index contributed by atoms with van der Waals surface area (Å²) in [7, 11) is 2.07. The summed E-state index contributed by atoms with van der Waals surface area (Å²) in [5, 5.41) is 0. The molecule has 13 rings (SSSR count). The molecule has 3 aliphatic carbocycles. The second kappa shape index (κ2) is 14.8. The van der Waals surface area contributed by atoms with Crippen LogP contribution in [-0.2, 0) is 23.4 Å². The summed E-state index contributed by atoms with van der Waals surface area (Å²) in [4.78, 5) is 5.30. The summed E-state index contributed by atoms with van der Waals surface area (Å²) in [5.41, 5.74) is 26.5. The van der Waals surface area contributed by atoms with E-state index in [4.69, 9.17) is 4.98 Å². The van der Waals surface area contributed by atoms with E-state index in [1.165, 1.54) is 122 Å². The maximum Gasteiger partial charge on any atom is 0.204 e. The molecule has 8 aromatic carbocycles. The zero-order valence-corrected chi connectivity index (χ0v) is 40.3. The lowest BCUT2D eigenvalue weighted by Gasteiger charge is -2.38. The van der Waals surface area contributed by atoms with Gasteiger partial charge in [0, 0.05) is 22.9 Å². The Bertz CT molecular complexity index is 3620. The summed E-state index contributed by atoms with van der Waals surface area (Å²) in [6.07, 6.45) is 10.1. The van der Waals surface area contributed by atoms with Crippen LogP contribution in [0.15, 0.2) is 195 Å². The van der Waals surface area contributed by atoms with Gasteiger partial charge in [-0.3, -0.25) is 4.98 Å². The van der Waals surface area contributed by atoms with E-state index in [0.29, 0.717) is 0 Å². The molecular formula is C66H53N3. The van der Waals surface area contributed by atoms with E-state index in [1.807, 2.05) is 12.3 Å². The summed E-state index contributed by atoms with van der Waals surface area (Å²) < 4.78 is 4.39. The van der Waals surface area contributed by atoms with Gasteiger partial charge in [0.05, 0.1) is 23.6 Å². The van der Waals surface area contributed by atoms with Crippen molar-refractivity contribution in [1.82, 2.24) is 9.55 Å². The topological polar surface area (TPSA) is 21.7 Å². The molecule has 3 aliphatic rings. The number of pyridine rings is 1. The Labute approximate surface area is 406 Å². The van der Waals surface area contributed by atoms with E-state index < -0.39 is 16.4 Å². The number of aromatic nitrogens is 3. The van der Waals surface area contributed by atoms with Crippen molar-refractivity contribution in [2.45, 2.75) is 57.9 Å². The second-order valence-electron chi connectivity index (χ2n) is 20.3. The molecule has 0 amide bonds. The van der Waals surface area contributed by atoms with Crippen molar-refractivity contribution in [3.05, 3.63) is 296 Å². The minimum Gasteiger partial charge on any atom is -0.354 e. The zero-order chi connectivity index (χ0) is 47.0. The van der Waals surface area contributed by atoms with Gasteiger partial charge >= 0.3 is 0 Å². The van der Waals surface area contributed by atoms with Crippen LogP contribution >= 0.6 is 0 Å². The van der Waals surface area contributed by atoms with Crippen molar-refractivity contribution in [3.8, 4) is 33.4 Å². The van der Waals surface area contributed by atoms with Gasteiger partial charge in [0.25, 0.3) is 0 Å². The highest BCUT2D eigenvalue weighted by Crippen LogP contribution is 2.61. The van der Waals surface area contributed by atoms with Crippen LogP contribution in [0.25, 0.3) is 33.4 Å². The summed E-state index contributed by atoms with van der Waals surface area (Å²) in [5.74, 6) is 0. The third-order valence-electron chi connectivity index (χ3n) is 15.9. The zero-order valence-electron chi connectivity index (χ0n) is 40.3. The number of benzene rings is 8. The maximum atomic E-state index is 5.30. The Morgan fingerprint density at radius 1 is 0.391 bits per heavy atom. The van der Waals surface area contributed by atoms with Gasteiger partial charge in [-0.25, -0.2) is 0 Å². The fourth-order valence-corrected chi connectivity index (χ4v) is 13.0. The lowest BCUT2D eigenvalue weighted by Crippen LogP contribution is -2.38. The molecular weight excluding hydrogens is 835 g/mol. The number of rotatable bonds is 6. The second-order valence-corrected chi connectivity index (χ2v) is 20.3. The molecule has 0 N–H and O–H groups in total. The Morgan fingerprint density at radius 2 is 0.768 bits per heavy atom. The van der Waals surface area contributed by atoms with E-state index in [0.717, 1.165) is 5.69 Å². The molecule has 0 fully saturated rings. The predicted octanol–water partition coefficient (Wildman–Crippen LogP) is 13.9. The van der Waals surface area contributed by atoms with Crippen LogP contribution < -0.4 is 4.57 Å². The highest BCUT2D eigenvalue weighted by atomic mass is 15.2. The number of nitrogens with zero attached hydrogens (tertiary/aromatic N) is 3. The van der Waals surface area contributed by atoms with E-state index in [2.05, 4.69) is 246 Å². The van der Waals surface area contributed by atoms with Gasteiger partial charge in [0.15, 0.2) is 5.54 Å². The van der Waals surface area contributed by atoms with Crippen molar-refractivity contribution in [1.29, 1.82) is 0 Å². The molecule has 3 nitrogen and oxygen atoms in total. The lowest BCUT2D eigenvalue weighted by molar-refractivity contribution is -0.675. The third kappa shape index (κ3) is 5.56. The van der Waals surface area contributed by atoms with Gasteiger partial charge in [-0.2, -0.15) is 0 Å². The normalized spacial score (nSPS) is 14.9. The molecule has 0 aliphatic heterocycles. The molecule has 0 atom stereocenters. The Hall–Kier alpha value is -7.88. The van der Waals surface area contributed by atoms with E-state index in [1.54, 1.807) is 0 Å². The first-order valence-corrected chi connectivity index (χ1v) is 24.3. The average Bonchev–Trinajstić information content (AvgIpc) is 4.07. The minimum atomic E-state index is -0.709. The average molecular weight is 888 g/mol. The summed E-state index contributed by atoms with van der Waals surface area (Å²) in [6, 6.07) is 67.9. The molecule has 0 saturated carbocycles. The quantitative estimate of drug-likeness (QED) is 0.120. The van der Waals surface area contributed by atoms with Gasteiger partial charge in [0.2, 0.25) is 6.33 Å². The molecule has 2 aromatic heterocycles. The largest absolute Gasteiger partial charge is 0.354 e. The lowest BCUT2D eigenvalue weighted by atomic mass is 9.64. The van der Waals surface area contributed by atoms with Crippen molar-refractivity contribution in [2.24, 2.45) is 7.05 Å². The van der Waals surface area contributed by atoms with Gasteiger partial charge in [-0.15, -0.1) is 0 Å². The molecule has 0 saturated heterocycles. The van der Waals surface area contributed by atoms with Crippen LogP contribution in [-0.4, -0.2) is 9.55 Å². The van der Waals surface area contributed by atoms with Crippen molar-refractivity contribution >= 4 is 0 Å².